The van der Waals surface area contributed by atoms with Crippen molar-refractivity contribution in [1.82, 2.24) is 10.4 Å². The molecular formula is C16H30N2O6. The molecule has 0 aliphatic heterocycles. The lowest BCUT2D eigenvalue weighted by atomic mass is 10.1. The Morgan fingerprint density at radius 2 is 1.83 bits per heavy atom. The van der Waals surface area contributed by atoms with Gasteiger partial charge in [0.2, 0.25) is 0 Å². The summed E-state index contributed by atoms with van der Waals surface area (Å²) in [5.74, 6) is -0.892. The molecule has 0 rings (SSSR count). The molecule has 0 saturated heterocycles. The average Bonchev–Trinajstić information content (AvgIpc) is 2.48. The van der Waals surface area contributed by atoms with Crippen molar-refractivity contribution in [2.24, 2.45) is 0 Å². The van der Waals surface area contributed by atoms with Gasteiger partial charge in [0, 0.05) is 13.5 Å². The molecule has 0 fully saturated rings. The van der Waals surface area contributed by atoms with E-state index < -0.39 is 29.6 Å². The van der Waals surface area contributed by atoms with Gasteiger partial charge in [0.1, 0.15) is 11.6 Å². The number of hydrogen-bond donors (Lipinski definition) is 1. The zero-order chi connectivity index (χ0) is 18.8. The molecular weight excluding hydrogens is 316 g/mol. The van der Waals surface area contributed by atoms with Crippen LogP contribution in [0.3, 0.4) is 0 Å². The van der Waals surface area contributed by atoms with Gasteiger partial charge < -0.3 is 14.8 Å². The molecule has 0 aliphatic rings. The van der Waals surface area contributed by atoms with Crippen molar-refractivity contribution in [2.75, 3.05) is 20.8 Å². The van der Waals surface area contributed by atoms with Crippen LogP contribution in [0, 0.1) is 0 Å². The van der Waals surface area contributed by atoms with Crippen LogP contribution in [0.2, 0.25) is 0 Å². The summed E-state index contributed by atoms with van der Waals surface area (Å²) in [7, 11) is 2.76. The van der Waals surface area contributed by atoms with Gasteiger partial charge in [-0.05, 0) is 33.6 Å². The lowest BCUT2D eigenvalue weighted by molar-refractivity contribution is -0.171. The Labute approximate surface area is 143 Å². The molecule has 2 amide bonds. The fourth-order valence-corrected chi connectivity index (χ4v) is 1.68. The number of alkyl carbamates (subject to hydrolysis) is 1. The van der Waals surface area contributed by atoms with Crippen LogP contribution in [-0.4, -0.2) is 55.4 Å². The SMILES string of the molecule is CCCCOC(=O)CC[C@H](NC(=O)OC(C)(C)C)C(=O)N(C)OC. The minimum atomic E-state index is -0.941. The normalized spacial score (nSPS) is 12.2. The summed E-state index contributed by atoms with van der Waals surface area (Å²) in [4.78, 5) is 40.6. The number of amides is 2. The Kier molecular flexibility index (Phi) is 10.0. The highest BCUT2D eigenvalue weighted by molar-refractivity contribution is 5.85. The van der Waals surface area contributed by atoms with Crippen molar-refractivity contribution in [2.45, 2.75) is 65.0 Å². The minimum absolute atomic E-state index is 0.00741. The number of unbranched alkanes of at least 4 members (excludes halogenated alkanes) is 1. The van der Waals surface area contributed by atoms with Crippen molar-refractivity contribution in [3.8, 4) is 0 Å². The molecule has 24 heavy (non-hydrogen) atoms. The number of carbonyl (C=O) groups excluding carboxylic acids is 3. The summed E-state index contributed by atoms with van der Waals surface area (Å²) < 4.78 is 10.2. The second kappa shape index (κ2) is 10.9. The third-order valence-corrected chi connectivity index (χ3v) is 2.97. The number of nitrogens with one attached hydrogen (secondary N) is 1. The number of rotatable bonds is 9. The van der Waals surface area contributed by atoms with Crippen LogP contribution in [0.15, 0.2) is 0 Å². The van der Waals surface area contributed by atoms with Crippen LogP contribution in [-0.2, 0) is 23.9 Å². The Bertz CT molecular complexity index is 419. The number of nitrogens with zero attached hydrogens (tertiary/aromatic N) is 1. The van der Waals surface area contributed by atoms with Crippen LogP contribution < -0.4 is 5.32 Å². The van der Waals surface area contributed by atoms with Crippen molar-refractivity contribution < 1.29 is 28.7 Å². The third-order valence-electron chi connectivity index (χ3n) is 2.97. The van der Waals surface area contributed by atoms with E-state index in [2.05, 4.69) is 5.32 Å². The number of carbonyl (C=O) groups is 3. The molecule has 0 aromatic rings. The topological polar surface area (TPSA) is 94.2 Å². The molecule has 0 saturated carbocycles. The number of hydroxylamine groups is 2. The first-order valence-electron chi connectivity index (χ1n) is 8.07. The van der Waals surface area contributed by atoms with Crippen LogP contribution >= 0.6 is 0 Å². The fraction of sp³-hybridized carbons (Fsp3) is 0.812. The summed E-state index contributed by atoms with van der Waals surface area (Å²) in [5.41, 5.74) is -0.691. The molecule has 0 aliphatic carbocycles. The van der Waals surface area contributed by atoms with E-state index in [9.17, 15) is 14.4 Å². The number of likely N-dealkylation sites (N-methyl/N-ethyl adjacent to an activating group) is 1. The first-order valence-corrected chi connectivity index (χ1v) is 8.07. The first-order chi connectivity index (χ1) is 11.1. The van der Waals surface area contributed by atoms with E-state index in [1.807, 2.05) is 6.92 Å². The molecule has 1 atom stereocenters. The molecule has 8 nitrogen and oxygen atoms in total. The van der Waals surface area contributed by atoms with E-state index in [4.69, 9.17) is 14.3 Å². The van der Waals surface area contributed by atoms with Crippen molar-refractivity contribution in [1.29, 1.82) is 0 Å². The predicted molar refractivity (Wildman–Crippen MR) is 88.0 cm³/mol. The van der Waals surface area contributed by atoms with Gasteiger partial charge in [-0.3, -0.25) is 14.4 Å². The summed E-state index contributed by atoms with van der Waals surface area (Å²) in [5, 5.41) is 3.46. The molecule has 0 unspecified atom stereocenters. The largest absolute Gasteiger partial charge is 0.466 e. The van der Waals surface area contributed by atoms with Crippen LogP contribution in [0.4, 0.5) is 4.79 Å². The van der Waals surface area contributed by atoms with E-state index >= 15 is 0 Å². The third kappa shape index (κ3) is 10.0. The predicted octanol–water partition coefficient (Wildman–Crippen LogP) is 2.02. The monoisotopic (exact) mass is 346 g/mol. The number of esters is 1. The minimum Gasteiger partial charge on any atom is -0.466 e. The maximum absolute atomic E-state index is 12.2. The molecule has 8 heteroatoms. The zero-order valence-electron chi connectivity index (χ0n) is 15.5. The molecule has 0 spiro atoms. The van der Waals surface area contributed by atoms with E-state index in [-0.39, 0.29) is 12.8 Å². The quantitative estimate of drug-likeness (QED) is 0.390. The summed E-state index contributed by atoms with van der Waals surface area (Å²) in [6.45, 7) is 7.50. The Balaban J connectivity index is 4.68. The highest BCUT2D eigenvalue weighted by Gasteiger charge is 2.27. The maximum Gasteiger partial charge on any atom is 0.408 e. The number of ether oxygens (including phenoxy) is 2. The van der Waals surface area contributed by atoms with E-state index in [0.717, 1.165) is 17.9 Å². The molecule has 0 radical (unpaired) electrons. The van der Waals surface area contributed by atoms with E-state index in [1.165, 1.54) is 14.2 Å². The summed E-state index contributed by atoms with van der Waals surface area (Å²) in [6, 6.07) is -0.941. The molecule has 0 bridgehead atoms. The second-order valence-electron chi connectivity index (χ2n) is 6.33. The smallest absolute Gasteiger partial charge is 0.408 e. The zero-order valence-corrected chi connectivity index (χ0v) is 15.5. The average molecular weight is 346 g/mol. The van der Waals surface area contributed by atoms with Gasteiger partial charge in [0.05, 0.1) is 13.7 Å². The molecule has 140 valence electrons. The van der Waals surface area contributed by atoms with Crippen LogP contribution in [0.25, 0.3) is 0 Å². The van der Waals surface area contributed by atoms with Crippen LogP contribution in [0.5, 0.6) is 0 Å². The Morgan fingerprint density at radius 1 is 1.21 bits per heavy atom. The van der Waals surface area contributed by atoms with Gasteiger partial charge in [0.15, 0.2) is 0 Å². The standard InChI is InChI=1S/C16H30N2O6/c1-7-8-11-23-13(19)10-9-12(14(20)18(5)22-6)17-15(21)24-16(2,3)4/h12H,7-11H2,1-6H3,(H,17,21)/t12-/m0/s1. The second-order valence-corrected chi connectivity index (χ2v) is 6.33. The highest BCUT2D eigenvalue weighted by atomic mass is 16.7. The highest BCUT2D eigenvalue weighted by Crippen LogP contribution is 2.09. The summed E-state index contributed by atoms with van der Waals surface area (Å²) in [6.07, 6.45) is 1.08. The van der Waals surface area contributed by atoms with Gasteiger partial charge in [-0.15, -0.1) is 0 Å². The number of hydrogen-bond acceptors (Lipinski definition) is 6. The molecule has 0 aromatic heterocycles. The Hall–Kier alpha value is -1.83. The lowest BCUT2D eigenvalue weighted by Crippen LogP contribution is -2.48. The van der Waals surface area contributed by atoms with E-state index in [1.54, 1.807) is 20.8 Å². The maximum atomic E-state index is 12.2. The molecule has 1 N–H and O–H groups in total. The Morgan fingerprint density at radius 3 is 2.33 bits per heavy atom. The van der Waals surface area contributed by atoms with Gasteiger partial charge in [0.25, 0.3) is 5.91 Å². The lowest BCUT2D eigenvalue weighted by Gasteiger charge is -2.25. The van der Waals surface area contributed by atoms with Crippen LogP contribution in [0.1, 0.15) is 53.4 Å². The van der Waals surface area contributed by atoms with Crippen molar-refractivity contribution in [3.05, 3.63) is 0 Å². The first kappa shape index (κ1) is 22.2. The van der Waals surface area contributed by atoms with Crippen molar-refractivity contribution >= 4 is 18.0 Å². The summed E-state index contributed by atoms with van der Waals surface area (Å²) >= 11 is 0. The van der Waals surface area contributed by atoms with E-state index in [0.29, 0.717) is 6.61 Å². The van der Waals surface area contributed by atoms with Gasteiger partial charge >= 0.3 is 12.1 Å². The van der Waals surface area contributed by atoms with Crippen molar-refractivity contribution in [3.63, 3.8) is 0 Å². The fourth-order valence-electron chi connectivity index (χ4n) is 1.68. The molecule has 0 heterocycles. The molecule has 0 aromatic carbocycles. The van der Waals surface area contributed by atoms with Gasteiger partial charge in [-0.25, -0.2) is 9.86 Å². The van der Waals surface area contributed by atoms with Gasteiger partial charge in [-0.1, -0.05) is 13.3 Å². The van der Waals surface area contributed by atoms with Gasteiger partial charge in [-0.2, -0.15) is 0 Å².